The van der Waals surface area contributed by atoms with Gasteiger partial charge in [-0.25, -0.2) is 9.18 Å². The van der Waals surface area contributed by atoms with Crippen LogP contribution in [-0.4, -0.2) is 6.09 Å². The van der Waals surface area contributed by atoms with Gasteiger partial charge in [0.1, 0.15) is 12.4 Å². The first-order valence-corrected chi connectivity index (χ1v) is 10.4. The molecule has 1 amide bonds. The van der Waals surface area contributed by atoms with Gasteiger partial charge in [0.15, 0.2) is 0 Å². The van der Waals surface area contributed by atoms with Gasteiger partial charge in [-0.2, -0.15) is 0 Å². The molecule has 3 nitrogen and oxygen atoms in total. The van der Waals surface area contributed by atoms with E-state index in [9.17, 15) is 9.18 Å². The van der Waals surface area contributed by atoms with Crippen LogP contribution in [0.25, 0.3) is 0 Å². The first-order valence-electron chi connectivity index (χ1n) is 9.26. The number of ether oxygens (including phenoxy) is 1. The summed E-state index contributed by atoms with van der Waals surface area (Å²) in [6, 6.07) is 19.7. The summed E-state index contributed by atoms with van der Waals surface area (Å²) in [5, 5.41) is 0.623. The number of amides is 1. The van der Waals surface area contributed by atoms with Crippen LogP contribution in [0.3, 0.4) is 0 Å². The average Bonchev–Trinajstić information content (AvgIpc) is 2.73. The average molecular weight is 475 g/mol. The monoisotopic (exact) mass is 473 g/mol. The molecule has 6 heteroatoms. The number of aryl methyl sites for hydroxylation is 1. The van der Waals surface area contributed by atoms with Crippen LogP contribution in [0, 0.1) is 5.82 Å². The third-order valence-corrected chi connectivity index (χ3v) is 5.90. The zero-order chi connectivity index (χ0) is 20.4. The van der Waals surface area contributed by atoms with E-state index in [1.54, 1.807) is 23.1 Å². The lowest BCUT2D eigenvalue weighted by molar-refractivity contribution is 0.143. The summed E-state index contributed by atoms with van der Waals surface area (Å²) >= 11 is 9.26. The first-order chi connectivity index (χ1) is 14.0. The van der Waals surface area contributed by atoms with E-state index >= 15 is 0 Å². The number of halogens is 3. The number of fused-ring (bicyclic) bond motifs is 1. The Morgan fingerprint density at radius 3 is 2.59 bits per heavy atom. The van der Waals surface area contributed by atoms with Crippen molar-refractivity contribution >= 4 is 39.3 Å². The van der Waals surface area contributed by atoms with Crippen LogP contribution >= 0.6 is 27.5 Å². The number of carbonyl (C=O) groups excluding carboxylic acids is 1. The Kier molecular flexibility index (Phi) is 5.88. The lowest BCUT2D eigenvalue weighted by Crippen LogP contribution is -2.39. The predicted octanol–water partition coefficient (Wildman–Crippen LogP) is 7.07. The molecule has 1 heterocycles. The fourth-order valence-electron chi connectivity index (χ4n) is 3.61. The summed E-state index contributed by atoms with van der Waals surface area (Å²) in [5.74, 6) is -0.415. The highest BCUT2D eigenvalue weighted by atomic mass is 79.9. The number of nitrogens with zero attached hydrogens (tertiary/aromatic N) is 1. The van der Waals surface area contributed by atoms with Crippen molar-refractivity contribution in [3.05, 3.63) is 98.7 Å². The Hall–Kier alpha value is -2.37. The molecule has 0 fully saturated rings. The molecule has 0 radical (unpaired) electrons. The van der Waals surface area contributed by atoms with Gasteiger partial charge in [0.2, 0.25) is 0 Å². The Morgan fingerprint density at radius 1 is 1.14 bits per heavy atom. The topological polar surface area (TPSA) is 29.5 Å². The molecule has 1 unspecified atom stereocenters. The molecule has 3 aromatic rings. The van der Waals surface area contributed by atoms with E-state index in [1.165, 1.54) is 6.07 Å². The molecule has 0 saturated carbocycles. The lowest BCUT2D eigenvalue weighted by Gasteiger charge is -2.37. The van der Waals surface area contributed by atoms with Crippen LogP contribution in [0.15, 0.2) is 71.2 Å². The summed E-state index contributed by atoms with van der Waals surface area (Å²) in [7, 11) is 0. The molecular weight excluding hydrogens is 457 g/mol. The van der Waals surface area contributed by atoms with Gasteiger partial charge >= 0.3 is 6.09 Å². The molecule has 0 saturated heterocycles. The number of carbonyl (C=O) groups is 1. The Balaban J connectivity index is 1.68. The van der Waals surface area contributed by atoms with Crippen LogP contribution in [-0.2, 0) is 17.8 Å². The fourth-order valence-corrected chi connectivity index (χ4v) is 4.12. The van der Waals surface area contributed by atoms with Gasteiger partial charge in [-0.3, -0.25) is 4.90 Å². The largest absolute Gasteiger partial charge is 0.444 e. The molecule has 0 aliphatic carbocycles. The summed E-state index contributed by atoms with van der Waals surface area (Å²) in [5.41, 5.74) is 3.26. The van der Waals surface area contributed by atoms with E-state index in [-0.39, 0.29) is 12.6 Å². The van der Waals surface area contributed by atoms with Crippen molar-refractivity contribution in [1.29, 1.82) is 0 Å². The third kappa shape index (κ3) is 4.31. The van der Waals surface area contributed by atoms with Crippen LogP contribution in [0.4, 0.5) is 14.9 Å². The van der Waals surface area contributed by atoms with Crippen molar-refractivity contribution in [2.45, 2.75) is 25.5 Å². The van der Waals surface area contributed by atoms with E-state index in [0.717, 1.165) is 23.1 Å². The van der Waals surface area contributed by atoms with E-state index in [4.69, 9.17) is 16.3 Å². The van der Waals surface area contributed by atoms with Gasteiger partial charge in [0.25, 0.3) is 0 Å². The molecule has 1 atom stereocenters. The molecule has 0 spiro atoms. The van der Waals surface area contributed by atoms with Crippen molar-refractivity contribution in [3.63, 3.8) is 0 Å². The smallest absolute Gasteiger partial charge is 0.415 e. The van der Waals surface area contributed by atoms with E-state index < -0.39 is 11.9 Å². The minimum absolute atomic E-state index is 0.151. The highest BCUT2D eigenvalue weighted by Gasteiger charge is 2.34. The van der Waals surface area contributed by atoms with Gasteiger partial charge in [-0.05, 0) is 69.7 Å². The number of hydrogen-bond acceptors (Lipinski definition) is 2. The van der Waals surface area contributed by atoms with Crippen molar-refractivity contribution in [2.24, 2.45) is 0 Å². The molecule has 0 N–H and O–H groups in total. The van der Waals surface area contributed by atoms with E-state index in [0.29, 0.717) is 21.6 Å². The first kappa shape index (κ1) is 19.9. The van der Waals surface area contributed by atoms with Crippen LogP contribution in [0.1, 0.15) is 29.2 Å². The summed E-state index contributed by atoms with van der Waals surface area (Å²) in [6.45, 7) is 0.151. The Bertz CT molecular complexity index is 1030. The third-order valence-electron chi connectivity index (χ3n) is 5.04. The second-order valence-electron chi connectivity index (χ2n) is 6.91. The highest BCUT2D eigenvalue weighted by Crippen LogP contribution is 2.41. The highest BCUT2D eigenvalue weighted by molar-refractivity contribution is 9.10. The van der Waals surface area contributed by atoms with Gasteiger partial charge in [0.05, 0.1) is 16.2 Å². The van der Waals surface area contributed by atoms with Gasteiger partial charge < -0.3 is 4.74 Å². The molecule has 0 bridgehead atoms. The van der Waals surface area contributed by atoms with E-state index in [2.05, 4.69) is 15.9 Å². The van der Waals surface area contributed by atoms with E-state index in [1.807, 2.05) is 42.5 Å². The quantitative estimate of drug-likeness (QED) is 0.406. The summed E-state index contributed by atoms with van der Waals surface area (Å²) in [4.78, 5) is 14.7. The summed E-state index contributed by atoms with van der Waals surface area (Å²) in [6.07, 6.45) is 0.924. The van der Waals surface area contributed by atoms with Crippen molar-refractivity contribution < 1.29 is 13.9 Å². The van der Waals surface area contributed by atoms with Crippen molar-refractivity contribution in [1.82, 2.24) is 0 Å². The second-order valence-corrected chi connectivity index (χ2v) is 8.20. The molecule has 29 heavy (non-hydrogen) atoms. The maximum absolute atomic E-state index is 14.3. The lowest BCUT2D eigenvalue weighted by atomic mass is 9.91. The molecule has 148 valence electrons. The van der Waals surface area contributed by atoms with Gasteiger partial charge in [-0.1, -0.05) is 54.1 Å². The predicted molar refractivity (Wildman–Crippen MR) is 116 cm³/mol. The number of rotatable bonds is 3. The molecule has 1 aliphatic heterocycles. The summed E-state index contributed by atoms with van der Waals surface area (Å²) < 4.78 is 20.3. The Morgan fingerprint density at radius 2 is 1.86 bits per heavy atom. The normalized spacial score (nSPS) is 15.7. The maximum Gasteiger partial charge on any atom is 0.415 e. The van der Waals surface area contributed by atoms with Crippen LogP contribution in [0.2, 0.25) is 5.02 Å². The SMILES string of the molecule is O=C(OCc1ccccc1)N1c2cc(F)c(Br)cc2CCC1c1ccc(Cl)cc1. The molecular formula is C23H18BrClFNO2. The fraction of sp³-hybridized carbons (Fsp3) is 0.174. The second kappa shape index (κ2) is 8.56. The molecule has 0 aromatic heterocycles. The number of benzene rings is 3. The van der Waals surface area contributed by atoms with Crippen LogP contribution < -0.4 is 4.90 Å². The zero-order valence-electron chi connectivity index (χ0n) is 15.4. The minimum Gasteiger partial charge on any atom is -0.444 e. The van der Waals surface area contributed by atoms with Crippen LogP contribution in [0.5, 0.6) is 0 Å². The number of hydrogen-bond donors (Lipinski definition) is 0. The maximum atomic E-state index is 14.3. The Labute approximate surface area is 182 Å². The van der Waals surface area contributed by atoms with Crippen molar-refractivity contribution in [3.8, 4) is 0 Å². The van der Waals surface area contributed by atoms with Crippen molar-refractivity contribution in [2.75, 3.05) is 4.90 Å². The standard InChI is InChI=1S/C23H18BrClFNO2/c24-19-12-17-8-11-21(16-6-9-18(25)10-7-16)27(22(17)13-20(19)26)23(28)29-14-15-4-2-1-3-5-15/h1-7,9-10,12-13,21H,8,11,14H2. The zero-order valence-corrected chi connectivity index (χ0v) is 17.8. The molecule has 4 rings (SSSR count). The molecule has 3 aromatic carbocycles. The molecule has 1 aliphatic rings. The van der Waals surface area contributed by atoms with Gasteiger partial charge in [0, 0.05) is 5.02 Å². The minimum atomic E-state index is -0.503. The van der Waals surface area contributed by atoms with Gasteiger partial charge in [-0.15, -0.1) is 0 Å². The number of anilines is 1.